The number of hydrogen-bond donors (Lipinski definition) is 1. The Labute approximate surface area is 221 Å². The minimum atomic E-state index is 0.408. The van der Waals surface area contributed by atoms with Crippen LogP contribution >= 0.6 is 0 Å². The molecule has 0 saturated heterocycles. The third kappa shape index (κ3) is 7.93. The lowest BCUT2D eigenvalue weighted by molar-refractivity contribution is 0.236. The molecule has 0 aliphatic heterocycles. The summed E-state index contributed by atoms with van der Waals surface area (Å²) in [4.78, 5) is 0. The number of rotatable bonds is 14. The van der Waals surface area contributed by atoms with Gasteiger partial charge >= 0.3 is 0 Å². The zero-order chi connectivity index (χ0) is 25.9. The molecule has 1 N–H and O–H groups in total. The summed E-state index contributed by atoms with van der Waals surface area (Å²) in [6, 6.07) is 29.2. The lowest BCUT2D eigenvalue weighted by atomic mass is 9.73. The number of allylic oxidation sites excluding steroid dienone is 1. The molecule has 4 unspecified atom stereocenters. The lowest BCUT2D eigenvalue weighted by Gasteiger charge is -2.35. The lowest BCUT2D eigenvalue weighted by Crippen LogP contribution is -2.38. The van der Waals surface area contributed by atoms with Gasteiger partial charge in [0.1, 0.15) is 0 Å². The van der Waals surface area contributed by atoms with E-state index in [0.29, 0.717) is 23.8 Å². The molecule has 1 nitrogen and oxygen atoms in total. The molecule has 4 atom stereocenters. The zero-order valence-electron chi connectivity index (χ0n) is 23.3. The molecule has 0 aliphatic rings. The highest BCUT2D eigenvalue weighted by Gasteiger charge is 2.29. The Morgan fingerprint density at radius 3 is 2.11 bits per heavy atom. The van der Waals surface area contributed by atoms with Crippen LogP contribution in [0, 0.1) is 17.8 Å². The van der Waals surface area contributed by atoms with E-state index in [1.165, 1.54) is 59.1 Å². The summed E-state index contributed by atoms with van der Waals surface area (Å²) >= 11 is 0. The van der Waals surface area contributed by atoms with Gasteiger partial charge in [0.25, 0.3) is 0 Å². The molecule has 0 saturated carbocycles. The van der Waals surface area contributed by atoms with E-state index in [1.54, 1.807) is 0 Å². The minimum Gasteiger partial charge on any atom is -0.310 e. The van der Waals surface area contributed by atoms with Gasteiger partial charge in [-0.3, -0.25) is 0 Å². The van der Waals surface area contributed by atoms with E-state index in [1.807, 2.05) is 0 Å². The van der Waals surface area contributed by atoms with E-state index in [9.17, 15) is 0 Å². The van der Waals surface area contributed by atoms with Crippen LogP contribution in [-0.4, -0.2) is 6.04 Å². The molecular weight excluding hydrogens is 434 g/mol. The quantitative estimate of drug-likeness (QED) is 0.226. The van der Waals surface area contributed by atoms with Crippen molar-refractivity contribution in [2.75, 3.05) is 0 Å². The fourth-order valence-electron chi connectivity index (χ4n) is 5.42. The topological polar surface area (TPSA) is 12.0 Å². The first-order valence-electron chi connectivity index (χ1n) is 14.1. The second-order valence-electron chi connectivity index (χ2n) is 10.8. The maximum atomic E-state index is 4.64. The Kier molecular flexibility index (Phi) is 11.0. The molecule has 3 aromatic rings. The maximum Gasteiger partial charge on any atom is 0.0208 e. The third-order valence-electron chi connectivity index (χ3n) is 8.01. The summed E-state index contributed by atoms with van der Waals surface area (Å²) in [7, 11) is 0. The zero-order valence-corrected chi connectivity index (χ0v) is 23.3. The molecule has 0 bridgehead atoms. The van der Waals surface area contributed by atoms with Crippen LogP contribution in [0.4, 0.5) is 0 Å². The van der Waals surface area contributed by atoms with Crippen LogP contribution in [0.3, 0.4) is 0 Å². The summed E-state index contributed by atoms with van der Waals surface area (Å²) in [6.45, 7) is 17.3. The van der Waals surface area contributed by atoms with Crippen molar-refractivity contribution in [2.24, 2.45) is 17.8 Å². The van der Waals surface area contributed by atoms with Crippen molar-refractivity contribution in [3.05, 3.63) is 108 Å². The normalized spacial score (nSPS) is 14.7. The van der Waals surface area contributed by atoms with Gasteiger partial charge in [0.15, 0.2) is 0 Å². The van der Waals surface area contributed by atoms with Gasteiger partial charge in [0.05, 0.1) is 0 Å². The van der Waals surface area contributed by atoms with E-state index in [0.717, 1.165) is 13.0 Å². The number of nitrogens with one attached hydrogen (secondary N) is 1. The Morgan fingerprint density at radius 2 is 1.44 bits per heavy atom. The molecule has 0 fully saturated rings. The van der Waals surface area contributed by atoms with Crippen LogP contribution in [0.2, 0.25) is 0 Å². The summed E-state index contributed by atoms with van der Waals surface area (Å²) < 4.78 is 0. The van der Waals surface area contributed by atoms with Crippen LogP contribution < -0.4 is 5.32 Å². The van der Waals surface area contributed by atoms with Gasteiger partial charge in [0.2, 0.25) is 0 Å². The van der Waals surface area contributed by atoms with Crippen molar-refractivity contribution >= 4 is 0 Å². The first-order valence-corrected chi connectivity index (χ1v) is 14.1. The highest BCUT2D eigenvalue weighted by Crippen LogP contribution is 2.34. The number of benzene rings is 3. The predicted octanol–water partition coefficient (Wildman–Crippen LogP) is 9.27. The van der Waals surface area contributed by atoms with Crippen molar-refractivity contribution in [2.45, 2.75) is 79.3 Å². The van der Waals surface area contributed by atoms with Gasteiger partial charge in [0, 0.05) is 12.6 Å². The Balaban J connectivity index is 1.62. The van der Waals surface area contributed by atoms with Crippen LogP contribution in [0.25, 0.3) is 11.1 Å². The Morgan fingerprint density at radius 1 is 0.778 bits per heavy atom. The SMILES string of the molecule is C=C(Cc1cccc(CCCC)c1)C(C(C)CC)C(C)C(C)NCc1ccc(-c2ccccc2)cc1. The van der Waals surface area contributed by atoms with Crippen LogP contribution in [0.15, 0.2) is 91.0 Å². The van der Waals surface area contributed by atoms with Crippen LogP contribution in [-0.2, 0) is 19.4 Å². The summed E-state index contributed by atoms with van der Waals surface area (Å²) in [5.74, 6) is 1.63. The minimum absolute atomic E-state index is 0.408. The molecule has 0 aliphatic carbocycles. The van der Waals surface area contributed by atoms with Gasteiger partial charge in [-0.2, -0.15) is 0 Å². The number of hydrogen-bond acceptors (Lipinski definition) is 1. The maximum absolute atomic E-state index is 4.64. The molecule has 0 amide bonds. The van der Waals surface area contributed by atoms with Gasteiger partial charge in [-0.1, -0.05) is 132 Å². The van der Waals surface area contributed by atoms with E-state index in [-0.39, 0.29) is 0 Å². The van der Waals surface area contributed by atoms with Gasteiger partial charge in [-0.15, -0.1) is 0 Å². The van der Waals surface area contributed by atoms with Crippen molar-refractivity contribution in [3.63, 3.8) is 0 Å². The predicted molar refractivity (Wildman–Crippen MR) is 158 cm³/mol. The van der Waals surface area contributed by atoms with E-state index in [4.69, 9.17) is 0 Å². The van der Waals surface area contributed by atoms with E-state index >= 15 is 0 Å². The van der Waals surface area contributed by atoms with Crippen molar-refractivity contribution in [1.82, 2.24) is 5.32 Å². The fourth-order valence-corrected chi connectivity index (χ4v) is 5.42. The number of aryl methyl sites for hydroxylation is 1. The molecule has 36 heavy (non-hydrogen) atoms. The molecule has 192 valence electrons. The Bertz CT molecular complexity index is 1050. The van der Waals surface area contributed by atoms with Gasteiger partial charge in [-0.25, -0.2) is 0 Å². The highest BCUT2D eigenvalue weighted by atomic mass is 14.9. The number of unbranched alkanes of at least 4 members (excludes halogenated alkanes) is 1. The van der Waals surface area contributed by atoms with Crippen molar-refractivity contribution in [3.8, 4) is 11.1 Å². The second kappa shape index (κ2) is 14.2. The smallest absolute Gasteiger partial charge is 0.0208 e. The molecule has 0 spiro atoms. The summed E-state index contributed by atoms with van der Waals surface area (Å²) in [5, 5.41) is 3.83. The van der Waals surface area contributed by atoms with Crippen LogP contribution in [0.1, 0.15) is 70.6 Å². The highest BCUT2D eigenvalue weighted by molar-refractivity contribution is 5.63. The first kappa shape index (κ1) is 27.9. The molecular formula is C35H47N. The second-order valence-corrected chi connectivity index (χ2v) is 10.8. The fraction of sp³-hybridized carbons (Fsp3) is 0.429. The first-order chi connectivity index (χ1) is 17.4. The molecule has 3 aromatic carbocycles. The van der Waals surface area contributed by atoms with E-state index in [2.05, 4.69) is 125 Å². The molecule has 0 aromatic heterocycles. The van der Waals surface area contributed by atoms with Crippen LogP contribution in [0.5, 0.6) is 0 Å². The average Bonchev–Trinajstić information content (AvgIpc) is 2.91. The average molecular weight is 482 g/mol. The monoisotopic (exact) mass is 481 g/mol. The Hall–Kier alpha value is -2.64. The van der Waals surface area contributed by atoms with E-state index < -0.39 is 0 Å². The molecule has 0 radical (unpaired) electrons. The third-order valence-corrected chi connectivity index (χ3v) is 8.01. The summed E-state index contributed by atoms with van der Waals surface area (Å²) in [5.41, 5.74) is 8.12. The van der Waals surface area contributed by atoms with Gasteiger partial charge < -0.3 is 5.32 Å². The largest absolute Gasteiger partial charge is 0.310 e. The molecule has 1 heteroatoms. The van der Waals surface area contributed by atoms with Crippen molar-refractivity contribution in [1.29, 1.82) is 0 Å². The summed E-state index contributed by atoms with van der Waals surface area (Å²) in [6.07, 6.45) is 5.84. The molecule has 3 rings (SSSR count). The van der Waals surface area contributed by atoms with Gasteiger partial charge in [-0.05, 0) is 71.8 Å². The van der Waals surface area contributed by atoms with Crippen molar-refractivity contribution < 1.29 is 0 Å². The molecule has 0 heterocycles. The standard InChI is InChI=1S/C35H47N/c1-7-9-14-30-15-13-16-32(24-30)23-27(4)35(26(3)8-2)28(5)29(6)36-25-31-19-21-34(22-20-31)33-17-11-10-12-18-33/h10-13,15-22,24,26,28-29,35-36H,4,7-9,14,23,25H2,1-3,5-6H3.